The van der Waals surface area contributed by atoms with Crippen molar-refractivity contribution < 1.29 is 23.2 Å². The van der Waals surface area contributed by atoms with Gasteiger partial charge in [0.2, 0.25) is 0 Å². The maximum atomic E-state index is 15.3. The highest BCUT2D eigenvalue weighted by atomic mass is 35.5. The molecule has 2 aromatic carbocycles. The Morgan fingerprint density at radius 3 is 2.62 bits per heavy atom. The summed E-state index contributed by atoms with van der Waals surface area (Å²) in [5.41, 5.74) is 3.67. The van der Waals surface area contributed by atoms with Crippen LogP contribution < -0.4 is 4.90 Å². The Morgan fingerprint density at radius 2 is 1.98 bits per heavy atom. The van der Waals surface area contributed by atoms with E-state index in [4.69, 9.17) is 37.2 Å². The van der Waals surface area contributed by atoms with Crippen LogP contribution in [-0.4, -0.2) is 36.4 Å². The van der Waals surface area contributed by atoms with Crippen LogP contribution in [0.3, 0.4) is 0 Å². The predicted molar refractivity (Wildman–Crippen MR) is 152 cm³/mol. The number of ether oxygens (including phenoxy) is 2. The Bertz CT molecular complexity index is 1390. The van der Waals surface area contributed by atoms with Crippen LogP contribution in [0, 0.1) is 11.7 Å². The predicted octanol–water partition coefficient (Wildman–Crippen LogP) is 7.91. The number of halogens is 3. The van der Waals surface area contributed by atoms with Crippen molar-refractivity contribution in [2.75, 3.05) is 18.1 Å². The molecule has 0 N–H and O–H groups in total. The molecule has 1 saturated heterocycles. The summed E-state index contributed by atoms with van der Waals surface area (Å²) in [5.74, 6) is 0.915. The van der Waals surface area contributed by atoms with Crippen LogP contribution >= 0.6 is 23.2 Å². The summed E-state index contributed by atoms with van der Waals surface area (Å²) in [7, 11) is 0. The van der Waals surface area contributed by atoms with Crippen molar-refractivity contribution in [1.82, 2.24) is 5.16 Å². The molecule has 212 valence electrons. The van der Waals surface area contributed by atoms with Crippen molar-refractivity contribution >= 4 is 34.9 Å². The third-order valence-electron chi connectivity index (χ3n) is 8.51. The van der Waals surface area contributed by atoms with Crippen molar-refractivity contribution in [1.29, 1.82) is 0 Å². The molecule has 9 heteroatoms. The third kappa shape index (κ3) is 5.36. The van der Waals surface area contributed by atoms with Crippen LogP contribution in [0.5, 0.6) is 0 Å². The fourth-order valence-electron chi connectivity index (χ4n) is 6.29. The number of aromatic nitrogens is 1. The number of anilines is 1. The Labute approximate surface area is 243 Å². The van der Waals surface area contributed by atoms with E-state index in [1.807, 2.05) is 25.1 Å². The minimum Gasteiger partial charge on any atom is -0.466 e. The average Bonchev–Trinajstić information content (AvgIpc) is 3.38. The van der Waals surface area contributed by atoms with E-state index in [1.54, 1.807) is 25.1 Å². The lowest BCUT2D eigenvalue weighted by Gasteiger charge is -2.33. The molecule has 6 nitrogen and oxygen atoms in total. The first-order valence-corrected chi connectivity index (χ1v) is 14.9. The van der Waals surface area contributed by atoms with Gasteiger partial charge in [-0.1, -0.05) is 47.4 Å². The molecule has 2 aliphatic carbocycles. The minimum atomic E-state index is -0.264. The van der Waals surface area contributed by atoms with Crippen molar-refractivity contribution in [3.63, 3.8) is 0 Å². The highest BCUT2D eigenvalue weighted by molar-refractivity contribution is 6.39. The van der Waals surface area contributed by atoms with Gasteiger partial charge in [0.25, 0.3) is 0 Å². The average molecular weight is 588 g/mol. The number of carbonyl (C=O) groups is 1. The zero-order valence-corrected chi connectivity index (χ0v) is 24.2. The van der Waals surface area contributed by atoms with E-state index in [0.29, 0.717) is 52.0 Å². The summed E-state index contributed by atoms with van der Waals surface area (Å²) in [6.45, 7) is 5.16. The van der Waals surface area contributed by atoms with E-state index in [9.17, 15) is 4.79 Å². The molecule has 1 aliphatic heterocycles. The lowest BCUT2D eigenvalue weighted by Crippen LogP contribution is -2.39. The largest absolute Gasteiger partial charge is 0.466 e. The van der Waals surface area contributed by atoms with E-state index in [2.05, 4.69) is 10.1 Å². The number of hydrogen-bond donors (Lipinski definition) is 0. The highest BCUT2D eigenvalue weighted by Crippen LogP contribution is 2.47. The van der Waals surface area contributed by atoms with Gasteiger partial charge in [-0.15, -0.1) is 0 Å². The second-order valence-electron chi connectivity index (χ2n) is 11.3. The van der Waals surface area contributed by atoms with E-state index in [1.165, 1.54) is 0 Å². The van der Waals surface area contributed by atoms with Crippen LogP contribution in [0.2, 0.25) is 10.0 Å². The molecule has 2 bridgehead atoms. The summed E-state index contributed by atoms with van der Waals surface area (Å²) in [5, 5.41) is 5.43. The summed E-state index contributed by atoms with van der Waals surface area (Å²) in [4.78, 5) is 14.0. The maximum Gasteiger partial charge on any atom is 0.306 e. The summed E-state index contributed by atoms with van der Waals surface area (Å²) < 4.78 is 32.6. The van der Waals surface area contributed by atoms with Gasteiger partial charge in [-0.05, 0) is 68.4 Å². The third-order valence-corrected chi connectivity index (χ3v) is 9.14. The first-order chi connectivity index (χ1) is 19.3. The smallest absolute Gasteiger partial charge is 0.306 e. The molecule has 3 aliphatic rings. The van der Waals surface area contributed by atoms with Gasteiger partial charge < -0.3 is 18.9 Å². The molecule has 40 heavy (non-hydrogen) atoms. The van der Waals surface area contributed by atoms with E-state index in [-0.39, 0.29) is 36.3 Å². The van der Waals surface area contributed by atoms with Gasteiger partial charge in [-0.25, -0.2) is 4.39 Å². The molecular formula is C31H33Cl2FN2O4. The van der Waals surface area contributed by atoms with Gasteiger partial charge in [0.1, 0.15) is 17.3 Å². The molecule has 3 fully saturated rings. The number of nitrogens with zero attached hydrogens (tertiary/aromatic N) is 2. The Kier molecular flexibility index (Phi) is 7.81. The summed E-state index contributed by atoms with van der Waals surface area (Å²) in [6, 6.07) is 11.0. The summed E-state index contributed by atoms with van der Waals surface area (Å²) >= 11 is 13.0. The molecule has 0 spiro atoms. The van der Waals surface area contributed by atoms with E-state index in [0.717, 1.165) is 49.1 Å². The first kappa shape index (κ1) is 27.6. The van der Waals surface area contributed by atoms with Gasteiger partial charge in [-0.2, -0.15) is 0 Å². The van der Waals surface area contributed by atoms with Crippen molar-refractivity contribution in [2.24, 2.45) is 5.92 Å². The van der Waals surface area contributed by atoms with E-state index >= 15 is 4.39 Å². The quantitative estimate of drug-likeness (QED) is 0.225. The number of piperidine rings is 1. The molecule has 1 unspecified atom stereocenters. The first-order valence-electron chi connectivity index (χ1n) is 14.1. The fraction of sp³-hybridized carbons (Fsp3) is 0.484. The summed E-state index contributed by atoms with van der Waals surface area (Å²) in [6.07, 6.45) is 4.26. The number of benzene rings is 2. The van der Waals surface area contributed by atoms with Gasteiger partial charge in [0, 0.05) is 35.5 Å². The number of carbonyl (C=O) groups excluding carboxylic acids is 1. The van der Waals surface area contributed by atoms with Crippen molar-refractivity contribution in [3.8, 4) is 11.3 Å². The molecule has 3 aromatic rings. The zero-order valence-electron chi connectivity index (χ0n) is 22.7. The van der Waals surface area contributed by atoms with Crippen molar-refractivity contribution in [2.45, 2.75) is 76.5 Å². The van der Waals surface area contributed by atoms with Gasteiger partial charge in [0.05, 0.1) is 41.5 Å². The second-order valence-corrected chi connectivity index (χ2v) is 12.1. The number of hydrogen-bond acceptors (Lipinski definition) is 6. The fourth-order valence-corrected chi connectivity index (χ4v) is 6.87. The molecule has 0 radical (unpaired) electrons. The van der Waals surface area contributed by atoms with Crippen LogP contribution in [0.15, 0.2) is 40.9 Å². The van der Waals surface area contributed by atoms with Gasteiger partial charge in [-0.3, -0.25) is 4.79 Å². The lowest BCUT2D eigenvalue weighted by molar-refractivity contribution is -0.143. The zero-order chi connectivity index (χ0) is 28.0. The van der Waals surface area contributed by atoms with Crippen LogP contribution in [-0.2, 0) is 20.9 Å². The van der Waals surface area contributed by atoms with Gasteiger partial charge >= 0.3 is 5.97 Å². The SMILES string of the molecule is CCOC(=O)CC(C)c1ccc(N2C[C@@H]3C[C@H]2C[C@H]3OCc2c(-c3c(Cl)cccc3Cl)noc2C2CC2)c(F)c1. The molecule has 0 amide bonds. The number of esters is 1. The normalized spacial score (nSPS) is 22.6. The maximum absolute atomic E-state index is 15.3. The van der Waals surface area contributed by atoms with Crippen LogP contribution in [0.4, 0.5) is 10.1 Å². The Morgan fingerprint density at radius 1 is 1.20 bits per heavy atom. The molecule has 6 rings (SSSR count). The monoisotopic (exact) mass is 586 g/mol. The topological polar surface area (TPSA) is 64.8 Å². The van der Waals surface area contributed by atoms with Crippen molar-refractivity contribution in [3.05, 3.63) is 69.1 Å². The van der Waals surface area contributed by atoms with E-state index < -0.39 is 0 Å². The standard InChI is InChI=1S/C31H33Cl2FN2O4/c1-3-38-28(37)11-17(2)19-9-10-26(25(34)13-19)36-15-20-12-21(36)14-27(20)39-16-22-30(35-40-31(22)18-7-8-18)29-23(32)5-4-6-24(29)33/h4-6,9-10,13,17-18,20-21,27H,3,7-8,11-12,14-16H2,1-2H3/t17?,20-,21-,27+/m0/s1. The molecule has 2 heterocycles. The molecular weight excluding hydrogens is 554 g/mol. The minimum absolute atomic E-state index is 0.0738. The van der Waals surface area contributed by atoms with Crippen LogP contribution in [0.25, 0.3) is 11.3 Å². The highest BCUT2D eigenvalue weighted by Gasteiger charge is 2.46. The molecule has 1 aromatic heterocycles. The number of fused-ring (bicyclic) bond motifs is 2. The molecule has 4 atom stereocenters. The molecule has 2 saturated carbocycles. The second kappa shape index (κ2) is 11.3. The van der Waals surface area contributed by atoms with Crippen LogP contribution in [0.1, 0.15) is 74.7 Å². The lowest BCUT2D eigenvalue weighted by atomic mass is 9.97. The number of rotatable bonds is 10. The Hall–Kier alpha value is -2.61. The van der Waals surface area contributed by atoms with Gasteiger partial charge in [0.15, 0.2) is 0 Å². The Balaban J connectivity index is 1.12.